The maximum absolute atomic E-state index is 12.5. The van der Waals surface area contributed by atoms with Gasteiger partial charge >= 0.3 is 0 Å². The van der Waals surface area contributed by atoms with E-state index in [1.54, 1.807) is 11.8 Å². The summed E-state index contributed by atoms with van der Waals surface area (Å²) < 4.78 is -0.952. The quantitative estimate of drug-likeness (QED) is 0.745. The van der Waals surface area contributed by atoms with E-state index in [9.17, 15) is 4.79 Å². The lowest BCUT2D eigenvalue weighted by molar-refractivity contribution is -0.137. The summed E-state index contributed by atoms with van der Waals surface area (Å²) in [7, 11) is 0. The maximum atomic E-state index is 12.5. The summed E-state index contributed by atoms with van der Waals surface area (Å²) in [6.07, 6.45) is 0.810. The van der Waals surface area contributed by atoms with Crippen molar-refractivity contribution in [3.63, 3.8) is 0 Å². The number of rotatable bonds is 4. The average Bonchev–Trinajstić information content (AvgIpc) is 2.71. The number of hydrogen-bond donors (Lipinski definition) is 0. The van der Waals surface area contributed by atoms with Gasteiger partial charge in [-0.05, 0) is 18.8 Å². The molecule has 18 heavy (non-hydrogen) atoms. The molecule has 0 heterocycles. The summed E-state index contributed by atoms with van der Waals surface area (Å²) in [5.74, 6) is -0.0438. The first-order valence-electron chi connectivity index (χ1n) is 6.08. The Morgan fingerprint density at radius 1 is 1.44 bits per heavy atom. The smallest absolute Gasteiger partial charge is 0.231 e. The molecule has 1 saturated carbocycles. The van der Waals surface area contributed by atoms with Crippen LogP contribution in [0.15, 0.2) is 0 Å². The number of carbonyl (C=O) groups excluding carboxylic acids is 1. The van der Waals surface area contributed by atoms with Crippen LogP contribution in [0.3, 0.4) is 0 Å². The van der Waals surface area contributed by atoms with Crippen LogP contribution in [-0.2, 0) is 4.79 Å². The van der Waals surface area contributed by atoms with E-state index in [4.69, 9.17) is 28.5 Å². The fraction of sp³-hybridized carbons (Fsp3) is 0.846. The number of nitrogens with zero attached hydrogens (tertiary/aromatic N) is 2. The molecule has 0 spiro atoms. The zero-order valence-corrected chi connectivity index (χ0v) is 12.9. The lowest BCUT2D eigenvalue weighted by atomic mass is 9.95. The van der Waals surface area contributed by atoms with Gasteiger partial charge in [-0.3, -0.25) is 4.79 Å². The predicted octanol–water partition coefficient (Wildman–Crippen LogP) is 3.36. The highest BCUT2D eigenvalue weighted by Gasteiger charge is 2.68. The first-order chi connectivity index (χ1) is 8.03. The van der Waals surface area contributed by atoms with Gasteiger partial charge in [-0.25, -0.2) is 0 Å². The van der Waals surface area contributed by atoms with Crippen LogP contribution in [0.2, 0.25) is 0 Å². The lowest BCUT2D eigenvalue weighted by Gasteiger charge is -2.32. The Bertz CT molecular complexity index is 381. The molecule has 1 fully saturated rings. The van der Waals surface area contributed by atoms with Crippen LogP contribution < -0.4 is 0 Å². The predicted molar refractivity (Wildman–Crippen MR) is 73.4 cm³/mol. The molecule has 0 aromatic rings. The van der Waals surface area contributed by atoms with Crippen molar-refractivity contribution in [2.45, 2.75) is 44.9 Å². The van der Waals surface area contributed by atoms with E-state index in [0.717, 1.165) is 0 Å². The second kappa shape index (κ2) is 4.90. The molecule has 0 radical (unpaired) electrons. The molecule has 1 aliphatic carbocycles. The molecule has 0 aromatic heterocycles. The van der Waals surface area contributed by atoms with Gasteiger partial charge in [-0.15, -0.1) is 23.2 Å². The highest BCUT2D eigenvalue weighted by molar-refractivity contribution is 6.53. The van der Waals surface area contributed by atoms with Gasteiger partial charge in [0.25, 0.3) is 0 Å². The molecular formula is C13H20Cl2N2O. The molecule has 1 unspecified atom stereocenters. The van der Waals surface area contributed by atoms with Crippen molar-refractivity contribution in [1.82, 2.24) is 4.90 Å². The standard InChI is InChI=1S/C13H20Cl2N2O/c1-11(2,3)9-17(7-5-6-16)10(18)12(4)8-13(12,14)15/h5,7-9H2,1-4H3. The van der Waals surface area contributed by atoms with Crippen molar-refractivity contribution >= 4 is 29.1 Å². The third-order valence-corrected chi connectivity index (χ3v) is 4.28. The van der Waals surface area contributed by atoms with E-state index < -0.39 is 9.75 Å². The minimum atomic E-state index is -0.952. The van der Waals surface area contributed by atoms with E-state index >= 15 is 0 Å². The van der Waals surface area contributed by atoms with Gasteiger partial charge in [0, 0.05) is 13.1 Å². The number of amides is 1. The number of halogens is 2. The first-order valence-corrected chi connectivity index (χ1v) is 6.83. The zero-order valence-electron chi connectivity index (χ0n) is 11.4. The lowest BCUT2D eigenvalue weighted by Crippen LogP contribution is -2.43. The fourth-order valence-electron chi connectivity index (χ4n) is 1.99. The number of carbonyl (C=O) groups is 1. The number of hydrogen-bond acceptors (Lipinski definition) is 2. The molecule has 1 amide bonds. The Morgan fingerprint density at radius 2 is 1.94 bits per heavy atom. The summed E-state index contributed by atoms with van der Waals surface area (Å²) in [6.45, 7) is 9.01. The van der Waals surface area contributed by atoms with Crippen LogP contribution in [-0.4, -0.2) is 28.2 Å². The van der Waals surface area contributed by atoms with Crippen molar-refractivity contribution in [3.8, 4) is 6.07 Å². The molecule has 3 nitrogen and oxygen atoms in total. The molecule has 5 heteroatoms. The second-order valence-corrected chi connectivity index (χ2v) is 7.89. The Balaban J connectivity index is 2.78. The van der Waals surface area contributed by atoms with E-state index in [1.165, 1.54) is 0 Å². The minimum absolute atomic E-state index is 0.0162. The van der Waals surface area contributed by atoms with Gasteiger partial charge in [0.15, 0.2) is 0 Å². The average molecular weight is 291 g/mol. The van der Waals surface area contributed by atoms with Crippen LogP contribution >= 0.6 is 23.2 Å². The Hall–Kier alpha value is -0.460. The fourth-order valence-corrected chi connectivity index (χ4v) is 2.69. The van der Waals surface area contributed by atoms with Crippen molar-refractivity contribution in [3.05, 3.63) is 0 Å². The van der Waals surface area contributed by atoms with E-state index in [0.29, 0.717) is 25.9 Å². The highest BCUT2D eigenvalue weighted by atomic mass is 35.5. The van der Waals surface area contributed by atoms with Gasteiger partial charge in [0.2, 0.25) is 5.91 Å². The molecule has 102 valence electrons. The molecule has 0 N–H and O–H groups in total. The zero-order chi connectivity index (χ0) is 14.2. The van der Waals surface area contributed by atoms with Crippen molar-refractivity contribution in [2.75, 3.05) is 13.1 Å². The van der Waals surface area contributed by atoms with Crippen LogP contribution in [0.1, 0.15) is 40.5 Å². The van der Waals surface area contributed by atoms with E-state index in [-0.39, 0.29) is 11.3 Å². The summed E-state index contributed by atoms with van der Waals surface area (Å²) in [4.78, 5) is 14.2. The van der Waals surface area contributed by atoms with Gasteiger partial charge in [-0.1, -0.05) is 20.8 Å². The van der Waals surface area contributed by atoms with Crippen LogP contribution in [0, 0.1) is 22.2 Å². The van der Waals surface area contributed by atoms with Gasteiger partial charge in [0.05, 0.1) is 17.9 Å². The third-order valence-electron chi connectivity index (χ3n) is 3.18. The largest absolute Gasteiger partial charge is 0.341 e. The molecule has 1 aliphatic rings. The van der Waals surface area contributed by atoms with Crippen LogP contribution in [0.4, 0.5) is 0 Å². The first kappa shape index (κ1) is 15.6. The Labute approximate surface area is 119 Å². The van der Waals surface area contributed by atoms with Crippen molar-refractivity contribution in [2.24, 2.45) is 10.8 Å². The summed E-state index contributed by atoms with van der Waals surface area (Å²) in [6, 6.07) is 2.07. The van der Waals surface area contributed by atoms with Crippen LogP contribution in [0.5, 0.6) is 0 Å². The van der Waals surface area contributed by atoms with E-state index in [1.807, 2.05) is 0 Å². The van der Waals surface area contributed by atoms with Gasteiger partial charge in [0.1, 0.15) is 4.33 Å². The Morgan fingerprint density at radius 3 is 2.28 bits per heavy atom. The molecule has 0 bridgehead atoms. The van der Waals surface area contributed by atoms with Crippen LogP contribution in [0.25, 0.3) is 0 Å². The molecular weight excluding hydrogens is 271 g/mol. The summed E-state index contributed by atoms with van der Waals surface area (Å²) in [5.41, 5.74) is -0.714. The number of alkyl halides is 2. The summed E-state index contributed by atoms with van der Waals surface area (Å²) >= 11 is 12.1. The molecule has 1 atom stereocenters. The molecule has 1 rings (SSSR count). The molecule has 0 aromatic carbocycles. The minimum Gasteiger partial charge on any atom is -0.341 e. The topological polar surface area (TPSA) is 44.1 Å². The van der Waals surface area contributed by atoms with Crippen molar-refractivity contribution < 1.29 is 4.79 Å². The normalized spacial score (nSPS) is 25.4. The van der Waals surface area contributed by atoms with Gasteiger partial charge < -0.3 is 4.90 Å². The summed E-state index contributed by atoms with van der Waals surface area (Å²) in [5, 5.41) is 8.68. The monoisotopic (exact) mass is 290 g/mol. The maximum Gasteiger partial charge on any atom is 0.231 e. The second-order valence-electron chi connectivity index (χ2n) is 6.41. The molecule has 0 aliphatic heterocycles. The number of nitriles is 1. The van der Waals surface area contributed by atoms with Gasteiger partial charge in [-0.2, -0.15) is 5.26 Å². The third kappa shape index (κ3) is 3.30. The molecule has 0 saturated heterocycles. The highest BCUT2D eigenvalue weighted by Crippen LogP contribution is 2.64. The Kier molecular flexibility index (Phi) is 4.25. The van der Waals surface area contributed by atoms with E-state index in [2.05, 4.69) is 26.8 Å². The SMILES string of the molecule is CC(C)(C)CN(CCC#N)C(=O)C1(C)CC1(Cl)Cl. The van der Waals surface area contributed by atoms with Crippen molar-refractivity contribution in [1.29, 1.82) is 5.26 Å².